The number of carbonyl (C=O) groups is 1. The first-order valence-electron chi connectivity index (χ1n) is 4.50. The Labute approximate surface area is 97.3 Å². The number of morpholine rings is 1. The number of ether oxygens (including phenoxy) is 1. The van der Waals surface area contributed by atoms with Gasteiger partial charge in [0, 0.05) is 22.2 Å². The number of nitrogens with one attached hydrogen (secondary N) is 1. The molecule has 1 fully saturated rings. The molecule has 0 spiro atoms. The zero-order chi connectivity index (χ0) is 10.8. The maximum atomic E-state index is 10.9. The van der Waals surface area contributed by atoms with E-state index in [1.165, 1.54) is 0 Å². The molecule has 1 unspecified atom stereocenters. The summed E-state index contributed by atoms with van der Waals surface area (Å²) >= 11 is 12.0. The molecule has 0 aromatic heterocycles. The third-order valence-electron chi connectivity index (χ3n) is 2.22. The highest BCUT2D eigenvalue weighted by molar-refractivity contribution is 6.36. The quantitative estimate of drug-likeness (QED) is 0.824. The molecule has 1 aliphatic heterocycles. The third kappa shape index (κ3) is 2.25. The topological polar surface area (TPSA) is 38.3 Å². The molecule has 80 valence electrons. The van der Waals surface area contributed by atoms with Gasteiger partial charge >= 0.3 is 0 Å². The number of amides is 1. The Bertz CT molecular complexity index is 365. The van der Waals surface area contributed by atoms with Gasteiger partial charge in [-0.1, -0.05) is 29.3 Å². The largest absolute Gasteiger partial charge is 0.362 e. The van der Waals surface area contributed by atoms with Crippen LogP contribution < -0.4 is 5.32 Å². The van der Waals surface area contributed by atoms with Crippen molar-refractivity contribution in [3.63, 3.8) is 0 Å². The number of halogens is 2. The molecule has 3 nitrogen and oxygen atoms in total. The fourth-order valence-electron chi connectivity index (χ4n) is 1.50. The van der Waals surface area contributed by atoms with E-state index < -0.39 is 0 Å². The van der Waals surface area contributed by atoms with Crippen LogP contribution in [0.2, 0.25) is 10.0 Å². The standard InChI is InChI=1S/C10H9Cl2NO2/c11-6-2-1-3-7(12)10(6)8-4-13-9(14)5-15-8/h1-3,8H,4-5H2,(H,13,14). The van der Waals surface area contributed by atoms with Gasteiger partial charge in [0.15, 0.2) is 0 Å². The summed E-state index contributed by atoms with van der Waals surface area (Å²) in [4.78, 5) is 10.9. The van der Waals surface area contributed by atoms with Crippen LogP contribution in [0.15, 0.2) is 18.2 Å². The fourth-order valence-corrected chi connectivity index (χ4v) is 2.14. The van der Waals surface area contributed by atoms with E-state index in [0.717, 1.165) is 5.56 Å². The Morgan fingerprint density at radius 3 is 2.53 bits per heavy atom. The van der Waals surface area contributed by atoms with E-state index in [1.54, 1.807) is 18.2 Å². The number of rotatable bonds is 1. The maximum absolute atomic E-state index is 10.9. The summed E-state index contributed by atoms with van der Waals surface area (Å²) in [6, 6.07) is 5.28. The SMILES string of the molecule is O=C1COC(c2c(Cl)cccc2Cl)CN1. The molecule has 1 aliphatic rings. The predicted octanol–water partition coefficient (Wildman–Crippen LogP) is 2.18. The molecule has 0 bridgehead atoms. The van der Waals surface area contributed by atoms with Crippen LogP contribution in [-0.2, 0) is 9.53 Å². The lowest BCUT2D eigenvalue weighted by Gasteiger charge is -2.24. The highest BCUT2D eigenvalue weighted by Crippen LogP contribution is 2.32. The summed E-state index contributed by atoms with van der Waals surface area (Å²) in [5, 5.41) is 3.82. The van der Waals surface area contributed by atoms with Crippen LogP contribution in [0, 0.1) is 0 Å². The molecule has 0 aliphatic carbocycles. The van der Waals surface area contributed by atoms with Crippen LogP contribution in [0.1, 0.15) is 11.7 Å². The Morgan fingerprint density at radius 2 is 2.00 bits per heavy atom. The summed E-state index contributed by atoms with van der Waals surface area (Å²) in [7, 11) is 0. The molecule has 15 heavy (non-hydrogen) atoms. The van der Waals surface area contributed by atoms with E-state index in [-0.39, 0.29) is 18.6 Å². The molecule has 1 aromatic carbocycles. The summed E-state index contributed by atoms with van der Waals surface area (Å²) in [5.74, 6) is -0.116. The van der Waals surface area contributed by atoms with Gasteiger partial charge in [-0.15, -0.1) is 0 Å². The Kier molecular flexibility index (Phi) is 3.14. The van der Waals surface area contributed by atoms with Crippen molar-refractivity contribution in [2.75, 3.05) is 13.2 Å². The van der Waals surface area contributed by atoms with E-state index in [9.17, 15) is 4.79 Å². The molecule has 1 N–H and O–H groups in total. The van der Waals surface area contributed by atoms with Crippen molar-refractivity contribution in [2.24, 2.45) is 0 Å². The van der Waals surface area contributed by atoms with Crippen LogP contribution in [0.3, 0.4) is 0 Å². The zero-order valence-electron chi connectivity index (χ0n) is 7.80. The highest BCUT2D eigenvalue weighted by Gasteiger charge is 2.23. The molecule has 1 amide bonds. The molecule has 1 aromatic rings. The average molecular weight is 246 g/mol. The van der Waals surface area contributed by atoms with Crippen LogP contribution >= 0.6 is 23.2 Å². The van der Waals surface area contributed by atoms with Gasteiger partial charge in [0.1, 0.15) is 12.7 Å². The summed E-state index contributed by atoms with van der Waals surface area (Å²) < 4.78 is 5.36. The predicted molar refractivity (Wildman–Crippen MR) is 58.2 cm³/mol. The van der Waals surface area contributed by atoms with Gasteiger partial charge in [0.25, 0.3) is 0 Å². The Morgan fingerprint density at radius 1 is 1.33 bits per heavy atom. The fraction of sp³-hybridized carbons (Fsp3) is 0.300. The van der Waals surface area contributed by atoms with Crippen molar-refractivity contribution in [2.45, 2.75) is 6.10 Å². The molecule has 0 saturated carbocycles. The minimum Gasteiger partial charge on any atom is -0.362 e. The lowest BCUT2D eigenvalue weighted by atomic mass is 10.1. The number of carbonyl (C=O) groups excluding carboxylic acids is 1. The zero-order valence-corrected chi connectivity index (χ0v) is 9.31. The van der Waals surface area contributed by atoms with Crippen molar-refractivity contribution in [3.05, 3.63) is 33.8 Å². The Balaban J connectivity index is 2.26. The summed E-state index contributed by atoms with van der Waals surface area (Å²) in [5.41, 5.74) is 0.737. The first kappa shape index (κ1) is 10.7. The molecular formula is C10H9Cl2NO2. The van der Waals surface area contributed by atoms with Crippen LogP contribution in [0.25, 0.3) is 0 Å². The molecule has 2 rings (SSSR count). The van der Waals surface area contributed by atoms with E-state index in [4.69, 9.17) is 27.9 Å². The van der Waals surface area contributed by atoms with E-state index in [2.05, 4.69) is 5.32 Å². The van der Waals surface area contributed by atoms with Gasteiger partial charge in [0.05, 0.1) is 0 Å². The van der Waals surface area contributed by atoms with Crippen LogP contribution in [0.5, 0.6) is 0 Å². The summed E-state index contributed by atoms with van der Waals surface area (Å²) in [6.07, 6.45) is -0.260. The van der Waals surface area contributed by atoms with E-state index in [0.29, 0.717) is 16.6 Å². The van der Waals surface area contributed by atoms with Gasteiger partial charge in [-0.05, 0) is 12.1 Å². The van der Waals surface area contributed by atoms with Gasteiger partial charge in [-0.25, -0.2) is 0 Å². The van der Waals surface area contributed by atoms with Crippen molar-refractivity contribution >= 4 is 29.1 Å². The van der Waals surface area contributed by atoms with Gasteiger partial charge in [-0.2, -0.15) is 0 Å². The van der Waals surface area contributed by atoms with Gasteiger partial charge < -0.3 is 10.1 Å². The molecular weight excluding hydrogens is 237 g/mol. The molecule has 1 saturated heterocycles. The second-order valence-corrected chi connectivity index (χ2v) is 4.05. The van der Waals surface area contributed by atoms with Crippen LogP contribution in [0.4, 0.5) is 0 Å². The minimum atomic E-state index is -0.260. The summed E-state index contributed by atoms with van der Waals surface area (Å²) in [6.45, 7) is 0.453. The minimum absolute atomic E-state index is 0.0478. The van der Waals surface area contributed by atoms with Crippen molar-refractivity contribution in [3.8, 4) is 0 Å². The second-order valence-electron chi connectivity index (χ2n) is 3.24. The lowest BCUT2D eigenvalue weighted by molar-refractivity contribution is -0.133. The third-order valence-corrected chi connectivity index (χ3v) is 2.88. The normalized spacial score (nSPS) is 21.2. The first-order chi connectivity index (χ1) is 7.18. The van der Waals surface area contributed by atoms with Crippen molar-refractivity contribution in [1.29, 1.82) is 0 Å². The maximum Gasteiger partial charge on any atom is 0.246 e. The van der Waals surface area contributed by atoms with E-state index >= 15 is 0 Å². The van der Waals surface area contributed by atoms with E-state index in [1.807, 2.05) is 0 Å². The molecule has 0 radical (unpaired) electrons. The highest BCUT2D eigenvalue weighted by atomic mass is 35.5. The number of hydrogen-bond donors (Lipinski definition) is 1. The Hall–Kier alpha value is -0.770. The molecule has 5 heteroatoms. The number of benzene rings is 1. The monoisotopic (exact) mass is 245 g/mol. The lowest BCUT2D eigenvalue weighted by Crippen LogP contribution is -2.38. The average Bonchev–Trinajstić information content (AvgIpc) is 2.20. The van der Waals surface area contributed by atoms with Gasteiger partial charge in [0.2, 0.25) is 5.91 Å². The first-order valence-corrected chi connectivity index (χ1v) is 5.26. The molecule has 1 heterocycles. The second kappa shape index (κ2) is 4.39. The van der Waals surface area contributed by atoms with Crippen molar-refractivity contribution < 1.29 is 9.53 Å². The molecule has 1 atom stereocenters. The van der Waals surface area contributed by atoms with Crippen LogP contribution in [-0.4, -0.2) is 19.1 Å². The van der Waals surface area contributed by atoms with Crippen molar-refractivity contribution in [1.82, 2.24) is 5.32 Å². The van der Waals surface area contributed by atoms with Gasteiger partial charge in [-0.3, -0.25) is 4.79 Å². The smallest absolute Gasteiger partial charge is 0.246 e. The number of hydrogen-bond acceptors (Lipinski definition) is 2.